The minimum atomic E-state index is 0.371. The van der Waals surface area contributed by atoms with E-state index in [1.54, 1.807) is 6.20 Å². The van der Waals surface area contributed by atoms with Gasteiger partial charge >= 0.3 is 0 Å². The van der Waals surface area contributed by atoms with E-state index in [-0.39, 0.29) is 0 Å². The Morgan fingerprint density at radius 3 is 2.92 bits per heavy atom. The molecule has 1 saturated heterocycles. The zero-order valence-electron chi connectivity index (χ0n) is 14.6. The smallest absolute Gasteiger partial charge is 0.158 e. The van der Waals surface area contributed by atoms with Crippen LogP contribution < -0.4 is 0 Å². The molecule has 0 spiro atoms. The van der Waals surface area contributed by atoms with Gasteiger partial charge in [0.2, 0.25) is 0 Å². The van der Waals surface area contributed by atoms with Crippen LogP contribution in [-0.2, 0) is 13.6 Å². The van der Waals surface area contributed by atoms with E-state index < -0.39 is 0 Å². The van der Waals surface area contributed by atoms with Crippen LogP contribution in [0, 0.1) is 6.92 Å². The van der Waals surface area contributed by atoms with E-state index in [0.717, 1.165) is 49.1 Å². The lowest BCUT2D eigenvalue weighted by Gasteiger charge is -2.16. The van der Waals surface area contributed by atoms with Crippen molar-refractivity contribution in [1.29, 1.82) is 0 Å². The van der Waals surface area contributed by atoms with Crippen molar-refractivity contribution in [3.05, 3.63) is 60.1 Å². The van der Waals surface area contributed by atoms with Gasteiger partial charge in [0.1, 0.15) is 11.5 Å². The van der Waals surface area contributed by atoms with E-state index in [4.69, 9.17) is 9.97 Å². The lowest BCUT2D eigenvalue weighted by molar-refractivity contribution is 0.325. The van der Waals surface area contributed by atoms with Gasteiger partial charge < -0.3 is 4.57 Å². The molecule has 0 amide bonds. The van der Waals surface area contributed by atoms with E-state index in [1.807, 2.05) is 49.3 Å². The van der Waals surface area contributed by atoms with Crippen LogP contribution in [0.5, 0.6) is 0 Å². The molecule has 6 heteroatoms. The van der Waals surface area contributed by atoms with Crippen molar-refractivity contribution in [2.75, 3.05) is 13.1 Å². The molecule has 6 nitrogen and oxygen atoms in total. The second kappa shape index (κ2) is 6.72. The van der Waals surface area contributed by atoms with Gasteiger partial charge in [-0.15, -0.1) is 0 Å². The number of aromatic nitrogens is 5. The molecule has 4 heterocycles. The molecular formula is C19H22N6. The van der Waals surface area contributed by atoms with Crippen molar-refractivity contribution >= 4 is 0 Å². The van der Waals surface area contributed by atoms with E-state index in [1.165, 1.54) is 5.56 Å². The van der Waals surface area contributed by atoms with Gasteiger partial charge in [-0.05, 0) is 37.6 Å². The summed E-state index contributed by atoms with van der Waals surface area (Å²) in [6.07, 6.45) is 8.59. The third-order valence-corrected chi connectivity index (χ3v) is 4.69. The summed E-state index contributed by atoms with van der Waals surface area (Å²) in [6.45, 7) is 5.01. The molecule has 128 valence electrons. The molecule has 0 bridgehead atoms. The molecule has 3 aromatic rings. The molecule has 1 atom stereocenters. The van der Waals surface area contributed by atoms with Crippen LogP contribution in [-0.4, -0.2) is 42.5 Å². The van der Waals surface area contributed by atoms with E-state index in [0.29, 0.717) is 5.92 Å². The first-order chi connectivity index (χ1) is 12.2. The highest BCUT2D eigenvalue weighted by Crippen LogP contribution is 2.27. The quantitative estimate of drug-likeness (QED) is 0.734. The summed E-state index contributed by atoms with van der Waals surface area (Å²) < 4.78 is 1.99. The fraction of sp³-hybridized carbons (Fsp3) is 0.368. The van der Waals surface area contributed by atoms with Crippen molar-refractivity contribution in [2.24, 2.45) is 7.05 Å². The van der Waals surface area contributed by atoms with Crippen molar-refractivity contribution in [3.63, 3.8) is 0 Å². The maximum absolute atomic E-state index is 4.83. The Kier molecular flexibility index (Phi) is 4.28. The lowest BCUT2D eigenvalue weighted by atomic mass is 10.1. The third-order valence-electron chi connectivity index (χ3n) is 4.69. The summed E-state index contributed by atoms with van der Waals surface area (Å²) in [6, 6.07) is 6.13. The minimum absolute atomic E-state index is 0.371. The number of likely N-dealkylation sites (tertiary alicyclic amines) is 1. The van der Waals surface area contributed by atoms with Gasteiger partial charge in [0, 0.05) is 56.5 Å². The first-order valence-electron chi connectivity index (χ1n) is 8.63. The number of hydrogen-bond acceptors (Lipinski definition) is 5. The predicted octanol–water partition coefficient (Wildman–Crippen LogP) is 2.57. The number of rotatable bonds is 4. The van der Waals surface area contributed by atoms with Gasteiger partial charge in [-0.25, -0.2) is 15.0 Å². The zero-order valence-corrected chi connectivity index (χ0v) is 14.6. The van der Waals surface area contributed by atoms with Gasteiger partial charge in [0.05, 0.1) is 0 Å². The number of hydrogen-bond donors (Lipinski definition) is 0. The summed E-state index contributed by atoms with van der Waals surface area (Å²) in [5, 5.41) is 0. The highest BCUT2D eigenvalue weighted by Gasteiger charge is 2.26. The van der Waals surface area contributed by atoms with Crippen molar-refractivity contribution in [1.82, 2.24) is 29.4 Å². The Morgan fingerprint density at radius 1 is 1.24 bits per heavy atom. The van der Waals surface area contributed by atoms with Gasteiger partial charge in [0.25, 0.3) is 0 Å². The van der Waals surface area contributed by atoms with E-state index in [2.05, 4.69) is 20.9 Å². The van der Waals surface area contributed by atoms with Crippen LogP contribution in [0.15, 0.2) is 43.0 Å². The third kappa shape index (κ3) is 3.44. The molecule has 0 saturated carbocycles. The second-order valence-electron chi connectivity index (χ2n) is 6.70. The Balaban J connectivity index is 1.53. The molecule has 0 aliphatic carbocycles. The van der Waals surface area contributed by atoms with Crippen LogP contribution >= 0.6 is 0 Å². The number of imidazole rings is 1. The Morgan fingerprint density at radius 2 is 2.16 bits per heavy atom. The van der Waals surface area contributed by atoms with Crippen molar-refractivity contribution in [2.45, 2.75) is 25.8 Å². The molecule has 1 fully saturated rings. The van der Waals surface area contributed by atoms with Gasteiger partial charge in [-0.2, -0.15) is 0 Å². The number of aryl methyl sites for hydroxylation is 2. The van der Waals surface area contributed by atoms with Crippen LogP contribution in [0.3, 0.4) is 0 Å². The molecule has 0 N–H and O–H groups in total. The van der Waals surface area contributed by atoms with E-state index >= 15 is 0 Å². The number of pyridine rings is 1. The normalized spacial score (nSPS) is 17.9. The summed E-state index contributed by atoms with van der Waals surface area (Å²) in [4.78, 5) is 20.6. The molecule has 1 unspecified atom stereocenters. The predicted molar refractivity (Wildman–Crippen MR) is 95.8 cm³/mol. The highest BCUT2D eigenvalue weighted by molar-refractivity contribution is 5.50. The summed E-state index contributed by atoms with van der Waals surface area (Å²) >= 11 is 0. The topological polar surface area (TPSA) is 59.7 Å². The highest BCUT2D eigenvalue weighted by atomic mass is 15.2. The van der Waals surface area contributed by atoms with E-state index in [9.17, 15) is 0 Å². The Bertz CT molecular complexity index is 857. The summed E-state index contributed by atoms with van der Waals surface area (Å²) in [7, 11) is 1.99. The minimum Gasteiger partial charge on any atom is -0.333 e. The average molecular weight is 334 g/mol. The van der Waals surface area contributed by atoms with Crippen molar-refractivity contribution < 1.29 is 0 Å². The fourth-order valence-electron chi connectivity index (χ4n) is 3.44. The van der Waals surface area contributed by atoms with Crippen LogP contribution in [0.4, 0.5) is 0 Å². The first kappa shape index (κ1) is 15.9. The largest absolute Gasteiger partial charge is 0.333 e. The summed E-state index contributed by atoms with van der Waals surface area (Å²) in [5.41, 5.74) is 3.15. The molecule has 1 aliphatic rings. The lowest BCUT2D eigenvalue weighted by Crippen LogP contribution is -2.20. The first-order valence-corrected chi connectivity index (χ1v) is 8.63. The molecule has 3 aromatic heterocycles. The molecule has 1 aliphatic heterocycles. The van der Waals surface area contributed by atoms with Gasteiger partial charge in [-0.1, -0.05) is 6.07 Å². The average Bonchev–Trinajstić information content (AvgIpc) is 3.24. The molecule has 0 radical (unpaired) electrons. The van der Waals surface area contributed by atoms with Crippen LogP contribution in [0.25, 0.3) is 11.5 Å². The van der Waals surface area contributed by atoms with Crippen molar-refractivity contribution in [3.8, 4) is 11.5 Å². The Hall–Kier alpha value is -2.60. The van der Waals surface area contributed by atoms with Gasteiger partial charge in [-0.3, -0.25) is 9.88 Å². The molecule has 25 heavy (non-hydrogen) atoms. The van der Waals surface area contributed by atoms with Crippen LogP contribution in [0.1, 0.15) is 29.4 Å². The molecular weight excluding hydrogens is 312 g/mol. The fourth-order valence-corrected chi connectivity index (χ4v) is 3.44. The standard InChI is InChI=1S/C19H22N6/c1-14-10-17(19-21-7-9-24(19)2)23-18(22-14)16-5-8-25(13-16)12-15-4-3-6-20-11-15/h3-4,6-7,9-11,16H,5,8,12-13H2,1-2H3. The number of nitrogens with zero attached hydrogens (tertiary/aromatic N) is 6. The maximum atomic E-state index is 4.83. The SMILES string of the molecule is Cc1cc(-c2nccn2C)nc(C2CCN(Cc3cccnc3)C2)n1. The van der Waals surface area contributed by atoms with Crippen LogP contribution in [0.2, 0.25) is 0 Å². The summed E-state index contributed by atoms with van der Waals surface area (Å²) in [5.74, 6) is 2.19. The Labute approximate surface area is 147 Å². The maximum Gasteiger partial charge on any atom is 0.158 e. The monoisotopic (exact) mass is 334 g/mol. The van der Waals surface area contributed by atoms with Gasteiger partial charge in [0.15, 0.2) is 5.82 Å². The zero-order chi connectivity index (χ0) is 17.2. The molecule has 4 rings (SSSR count). The second-order valence-corrected chi connectivity index (χ2v) is 6.70. The molecule has 0 aromatic carbocycles.